The van der Waals surface area contributed by atoms with Crippen LogP contribution in [0.5, 0.6) is 11.6 Å². The van der Waals surface area contributed by atoms with Gasteiger partial charge in [0, 0.05) is 0 Å². The Morgan fingerprint density at radius 3 is 2.71 bits per heavy atom. The maximum Gasteiger partial charge on any atom is 0.447 e. The van der Waals surface area contributed by atoms with Gasteiger partial charge in [-0.05, 0) is 12.1 Å². The number of H-pyrrole nitrogens is 2. The van der Waals surface area contributed by atoms with Crippen molar-refractivity contribution in [3.8, 4) is 17.3 Å². The highest BCUT2D eigenvalue weighted by molar-refractivity contribution is 5.47. The summed E-state index contributed by atoms with van der Waals surface area (Å²) in [7, 11) is 0. The molecule has 0 fully saturated rings. The number of para-hydroxylation sites is 2. The number of benzene rings is 1. The number of nitrogens with zero attached hydrogens (tertiary/aromatic N) is 2. The minimum Gasteiger partial charge on any atom is -0.437 e. The van der Waals surface area contributed by atoms with Gasteiger partial charge in [-0.3, -0.25) is 4.79 Å². The van der Waals surface area contributed by atoms with Crippen LogP contribution >= 0.6 is 0 Å². The van der Waals surface area contributed by atoms with Gasteiger partial charge in [0.15, 0.2) is 5.75 Å². The van der Waals surface area contributed by atoms with Crippen molar-refractivity contribution in [2.45, 2.75) is 0 Å². The normalized spacial score (nSPS) is 10.5. The van der Waals surface area contributed by atoms with E-state index in [0.29, 0.717) is 0 Å². The highest BCUT2D eigenvalue weighted by Crippen LogP contribution is 2.24. The zero-order valence-corrected chi connectivity index (χ0v) is 10.4. The van der Waals surface area contributed by atoms with Crippen molar-refractivity contribution in [3.05, 3.63) is 68.0 Å². The van der Waals surface area contributed by atoms with Gasteiger partial charge in [-0.25, -0.2) is 14.6 Å². The molecule has 0 atom stereocenters. The number of aromatic amines is 2. The summed E-state index contributed by atoms with van der Waals surface area (Å²) in [5.41, 5.74) is -0.967. The van der Waals surface area contributed by atoms with Gasteiger partial charge >= 0.3 is 11.4 Å². The Bertz CT molecular complexity index is 921. The van der Waals surface area contributed by atoms with Gasteiger partial charge in [-0.15, -0.1) is 0 Å². The molecule has 0 amide bonds. The molecule has 0 spiro atoms. The van der Waals surface area contributed by atoms with Crippen molar-refractivity contribution in [1.29, 1.82) is 0 Å². The second kappa shape index (κ2) is 4.96. The molecule has 0 aliphatic heterocycles. The van der Waals surface area contributed by atoms with Crippen molar-refractivity contribution in [1.82, 2.24) is 19.7 Å². The second-order valence-corrected chi connectivity index (χ2v) is 3.93. The van der Waals surface area contributed by atoms with Gasteiger partial charge in [0.2, 0.25) is 5.88 Å². The van der Waals surface area contributed by atoms with Crippen molar-refractivity contribution < 1.29 is 9.26 Å². The van der Waals surface area contributed by atoms with E-state index < -0.39 is 17.0 Å². The van der Waals surface area contributed by atoms with Crippen LogP contribution in [0.4, 0.5) is 0 Å². The maximum absolute atomic E-state index is 11.6. The number of hydrogen-bond acceptors (Lipinski definition) is 6. The monoisotopic (exact) mass is 288 g/mol. The summed E-state index contributed by atoms with van der Waals surface area (Å²) < 4.78 is 10.6. The molecule has 0 unspecified atom stereocenters. The van der Waals surface area contributed by atoms with Gasteiger partial charge in [0.1, 0.15) is 0 Å². The Morgan fingerprint density at radius 1 is 1.19 bits per heavy atom. The standard InChI is InChI=1S/C12H8N4O5/c17-9-5-10(14-6-13-9)20-8-4-2-1-3-7(8)16-11(18)15-21-12(16)19/h1-6H,(H,15,18)(H,13,14,17). The molecule has 3 aromatic rings. The quantitative estimate of drug-likeness (QED) is 0.699. The highest BCUT2D eigenvalue weighted by Gasteiger charge is 2.14. The lowest BCUT2D eigenvalue weighted by Gasteiger charge is -2.08. The molecule has 0 saturated heterocycles. The fourth-order valence-electron chi connectivity index (χ4n) is 1.72. The van der Waals surface area contributed by atoms with Crippen LogP contribution in [0, 0.1) is 0 Å². The third-order valence-electron chi connectivity index (χ3n) is 2.59. The van der Waals surface area contributed by atoms with Gasteiger partial charge in [0.05, 0.1) is 18.1 Å². The third kappa shape index (κ3) is 2.39. The predicted molar refractivity (Wildman–Crippen MR) is 69.9 cm³/mol. The molecule has 0 saturated carbocycles. The molecular formula is C12H8N4O5. The molecule has 9 heteroatoms. The summed E-state index contributed by atoms with van der Waals surface area (Å²) in [6.45, 7) is 0. The number of aromatic nitrogens is 4. The van der Waals surface area contributed by atoms with E-state index in [1.165, 1.54) is 18.5 Å². The lowest BCUT2D eigenvalue weighted by atomic mass is 10.3. The molecule has 21 heavy (non-hydrogen) atoms. The molecule has 0 bridgehead atoms. The van der Waals surface area contributed by atoms with Crippen LogP contribution in [-0.4, -0.2) is 19.7 Å². The molecular weight excluding hydrogens is 280 g/mol. The zero-order valence-electron chi connectivity index (χ0n) is 10.4. The lowest BCUT2D eigenvalue weighted by Crippen LogP contribution is -2.24. The summed E-state index contributed by atoms with van der Waals surface area (Å²) in [6.07, 6.45) is 1.18. The molecule has 2 heterocycles. The topological polar surface area (TPSA) is 123 Å². The van der Waals surface area contributed by atoms with Crippen LogP contribution in [-0.2, 0) is 0 Å². The van der Waals surface area contributed by atoms with Gasteiger partial charge < -0.3 is 14.2 Å². The average molecular weight is 288 g/mol. The van der Waals surface area contributed by atoms with E-state index in [-0.39, 0.29) is 17.3 Å². The van der Waals surface area contributed by atoms with Crippen LogP contribution in [0.25, 0.3) is 5.69 Å². The SMILES string of the molecule is O=c1cc(Oc2ccccc2-n2c(=O)[nH]oc2=O)nc[nH]1. The van der Waals surface area contributed by atoms with Crippen molar-refractivity contribution in [3.63, 3.8) is 0 Å². The Hall–Kier alpha value is -3.36. The zero-order chi connectivity index (χ0) is 14.8. The molecule has 0 radical (unpaired) electrons. The first kappa shape index (κ1) is 12.7. The molecule has 106 valence electrons. The van der Waals surface area contributed by atoms with Crippen LogP contribution in [0.15, 0.2) is 55.6 Å². The largest absolute Gasteiger partial charge is 0.447 e. The molecule has 2 aromatic heterocycles. The fraction of sp³-hybridized carbons (Fsp3) is 0. The van der Waals surface area contributed by atoms with Crippen LogP contribution in [0.1, 0.15) is 0 Å². The number of hydrogen-bond donors (Lipinski definition) is 2. The Labute approximate surface area is 115 Å². The van der Waals surface area contributed by atoms with E-state index in [9.17, 15) is 14.4 Å². The van der Waals surface area contributed by atoms with E-state index in [1.54, 1.807) is 12.1 Å². The van der Waals surface area contributed by atoms with Crippen molar-refractivity contribution in [2.75, 3.05) is 0 Å². The number of nitrogens with one attached hydrogen (secondary N) is 2. The highest BCUT2D eigenvalue weighted by atomic mass is 16.5. The van der Waals surface area contributed by atoms with E-state index in [0.717, 1.165) is 10.6 Å². The Balaban J connectivity index is 2.11. The van der Waals surface area contributed by atoms with Gasteiger partial charge in [-0.2, -0.15) is 9.72 Å². The Kier molecular flexibility index (Phi) is 2.99. The smallest absolute Gasteiger partial charge is 0.437 e. The number of rotatable bonds is 3. The van der Waals surface area contributed by atoms with Crippen LogP contribution in [0.3, 0.4) is 0 Å². The van der Waals surface area contributed by atoms with Crippen LogP contribution in [0.2, 0.25) is 0 Å². The second-order valence-electron chi connectivity index (χ2n) is 3.93. The molecule has 9 nitrogen and oxygen atoms in total. The molecule has 2 N–H and O–H groups in total. The lowest BCUT2D eigenvalue weighted by molar-refractivity contribution is 0.378. The van der Waals surface area contributed by atoms with E-state index in [4.69, 9.17) is 4.74 Å². The van der Waals surface area contributed by atoms with Crippen LogP contribution < -0.4 is 21.7 Å². The van der Waals surface area contributed by atoms with E-state index in [2.05, 4.69) is 14.5 Å². The molecule has 3 rings (SSSR count). The summed E-state index contributed by atoms with van der Waals surface area (Å²) >= 11 is 0. The van der Waals surface area contributed by atoms with E-state index in [1.807, 2.05) is 5.16 Å². The van der Waals surface area contributed by atoms with Crippen molar-refractivity contribution >= 4 is 0 Å². The third-order valence-corrected chi connectivity index (χ3v) is 2.59. The summed E-state index contributed by atoms with van der Waals surface area (Å²) in [4.78, 5) is 40.5. The molecule has 0 aliphatic carbocycles. The summed E-state index contributed by atoms with van der Waals surface area (Å²) in [5.74, 6) is -0.682. The molecule has 1 aromatic carbocycles. The van der Waals surface area contributed by atoms with Crippen molar-refractivity contribution in [2.24, 2.45) is 0 Å². The Morgan fingerprint density at radius 2 is 2.00 bits per heavy atom. The minimum atomic E-state index is -0.880. The minimum absolute atomic E-state index is 0.0270. The first-order valence-electron chi connectivity index (χ1n) is 5.77. The van der Waals surface area contributed by atoms with E-state index >= 15 is 0 Å². The fourth-order valence-corrected chi connectivity index (χ4v) is 1.72. The average Bonchev–Trinajstić information content (AvgIpc) is 2.79. The number of ether oxygens (including phenoxy) is 1. The first-order chi connectivity index (χ1) is 10.1. The van der Waals surface area contributed by atoms with Gasteiger partial charge in [-0.1, -0.05) is 12.1 Å². The van der Waals surface area contributed by atoms with Gasteiger partial charge in [0.25, 0.3) is 5.56 Å². The summed E-state index contributed by atoms with van der Waals surface area (Å²) in [6, 6.07) is 7.42. The first-order valence-corrected chi connectivity index (χ1v) is 5.77. The molecule has 0 aliphatic rings. The summed E-state index contributed by atoms with van der Waals surface area (Å²) in [5, 5.41) is 1.93. The maximum atomic E-state index is 11.6. The predicted octanol–water partition coefficient (Wildman–Crippen LogP) is -0.00560.